The third-order valence-electron chi connectivity index (χ3n) is 6.32. The van der Waals surface area contributed by atoms with Gasteiger partial charge in [0.05, 0.1) is 0 Å². The van der Waals surface area contributed by atoms with Crippen LogP contribution in [0.1, 0.15) is 62.8 Å². The van der Waals surface area contributed by atoms with E-state index in [0.29, 0.717) is 30.4 Å². The molecule has 0 bridgehead atoms. The van der Waals surface area contributed by atoms with E-state index in [-0.39, 0.29) is 5.92 Å². The van der Waals surface area contributed by atoms with Crippen molar-refractivity contribution in [3.05, 3.63) is 35.9 Å². The fraction of sp³-hybridized carbons (Fsp3) is 0.667. The molecule has 2 aliphatic rings. The molecule has 0 spiro atoms. The summed E-state index contributed by atoms with van der Waals surface area (Å²) in [5.41, 5.74) is 1.43. The van der Waals surface area contributed by atoms with Crippen LogP contribution in [0.2, 0.25) is 0 Å². The van der Waals surface area contributed by atoms with Crippen LogP contribution < -0.4 is 0 Å². The van der Waals surface area contributed by atoms with Crippen LogP contribution in [0.15, 0.2) is 30.3 Å². The summed E-state index contributed by atoms with van der Waals surface area (Å²) in [7, 11) is 2.00. The van der Waals surface area contributed by atoms with Crippen molar-refractivity contribution in [2.75, 3.05) is 13.7 Å². The average Bonchev–Trinajstić information content (AvgIpc) is 2.68. The van der Waals surface area contributed by atoms with Crippen LogP contribution in [0, 0.1) is 11.8 Å². The highest BCUT2D eigenvalue weighted by Crippen LogP contribution is 2.37. The Bertz CT molecular complexity index is 514. The first-order valence-electron chi connectivity index (χ1n) is 9.61. The molecule has 1 aromatic carbocycles. The van der Waals surface area contributed by atoms with Gasteiger partial charge < -0.3 is 10.0 Å². The van der Waals surface area contributed by atoms with Crippen LogP contribution in [-0.4, -0.2) is 35.6 Å². The molecule has 1 N–H and O–H groups in total. The summed E-state index contributed by atoms with van der Waals surface area (Å²) in [6, 6.07) is 11.1. The molecule has 0 aromatic heterocycles. The number of hydrogen-bond donors (Lipinski definition) is 1. The van der Waals surface area contributed by atoms with Gasteiger partial charge in [0.2, 0.25) is 5.91 Å². The number of carbonyl (C=O) groups excluding carboxylic acids is 1. The molecule has 0 atom stereocenters. The number of rotatable bonds is 4. The fourth-order valence-electron chi connectivity index (χ4n) is 4.58. The van der Waals surface area contributed by atoms with Crippen molar-refractivity contribution >= 4 is 5.91 Å². The smallest absolute Gasteiger partial charge is 0.225 e. The molecule has 0 unspecified atom stereocenters. The van der Waals surface area contributed by atoms with Crippen LogP contribution in [0.25, 0.3) is 0 Å². The summed E-state index contributed by atoms with van der Waals surface area (Å²) in [6.45, 7) is 0.299. The van der Waals surface area contributed by atoms with Gasteiger partial charge in [0.1, 0.15) is 0 Å². The average molecular weight is 329 g/mol. The van der Waals surface area contributed by atoms with Crippen molar-refractivity contribution in [3.8, 4) is 0 Å². The Morgan fingerprint density at radius 1 is 1.00 bits per heavy atom. The molecule has 0 saturated heterocycles. The summed E-state index contributed by atoms with van der Waals surface area (Å²) >= 11 is 0. The first-order valence-corrected chi connectivity index (χ1v) is 9.61. The molecular weight excluding hydrogens is 298 g/mol. The van der Waals surface area contributed by atoms with Gasteiger partial charge >= 0.3 is 0 Å². The first kappa shape index (κ1) is 17.5. The molecule has 2 saturated carbocycles. The van der Waals surface area contributed by atoms with E-state index in [1.165, 1.54) is 5.56 Å². The lowest BCUT2D eigenvalue weighted by atomic mass is 9.78. The molecule has 3 nitrogen and oxygen atoms in total. The van der Waals surface area contributed by atoms with Gasteiger partial charge in [-0.05, 0) is 68.8 Å². The Hall–Kier alpha value is -1.35. The summed E-state index contributed by atoms with van der Waals surface area (Å²) < 4.78 is 0. The summed E-state index contributed by atoms with van der Waals surface area (Å²) in [6.07, 6.45) is 8.51. The lowest BCUT2D eigenvalue weighted by Crippen LogP contribution is -2.43. The minimum atomic E-state index is 0.213. The Labute approximate surface area is 146 Å². The number of aliphatic hydroxyl groups is 1. The minimum absolute atomic E-state index is 0.213. The van der Waals surface area contributed by atoms with Crippen LogP contribution >= 0.6 is 0 Å². The lowest BCUT2D eigenvalue weighted by Gasteiger charge is -2.37. The van der Waals surface area contributed by atoms with Gasteiger partial charge in [0, 0.05) is 25.6 Å². The predicted octanol–water partition coefficient (Wildman–Crippen LogP) is 3.97. The van der Waals surface area contributed by atoms with Crippen molar-refractivity contribution < 1.29 is 9.90 Å². The number of nitrogens with zero attached hydrogens (tertiary/aromatic N) is 1. The van der Waals surface area contributed by atoms with Crippen LogP contribution in [0.4, 0.5) is 0 Å². The lowest BCUT2D eigenvalue weighted by molar-refractivity contribution is -0.138. The van der Waals surface area contributed by atoms with E-state index in [1.807, 2.05) is 11.9 Å². The zero-order valence-corrected chi connectivity index (χ0v) is 14.9. The Morgan fingerprint density at radius 2 is 1.62 bits per heavy atom. The molecule has 3 heteroatoms. The maximum Gasteiger partial charge on any atom is 0.225 e. The topological polar surface area (TPSA) is 40.5 Å². The van der Waals surface area contributed by atoms with Gasteiger partial charge in [-0.2, -0.15) is 0 Å². The summed E-state index contributed by atoms with van der Waals surface area (Å²) in [5.74, 6) is 1.64. The van der Waals surface area contributed by atoms with E-state index in [4.69, 9.17) is 0 Å². The Balaban J connectivity index is 1.50. The molecular formula is C21H31NO2. The monoisotopic (exact) mass is 329 g/mol. The second-order valence-electron chi connectivity index (χ2n) is 7.77. The summed E-state index contributed by atoms with van der Waals surface area (Å²) in [5, 5.41) is 9.27. The maximum atomic E-state index is 12.9. The molecule has 2 fully saturated rings. The van der Waals surface area contributed by atoms with Gasteiger partial charge in [-0.15, -0.1) is 0 Å². The second-order valence-corrected chi connectivity index (χ2v) is 7.77. The molecule has 132 valence electrons. The first-order chi connectivity index (χ1) is 11.7. The Morgan fingerprint density at radius 3 is 2.21 bits per heavy atom. The number of aliphatic hydroxyl groups excluding tert-OH is 1. The zero-order chi connectivity index (χ0) is 16.9. The van der Waals surface area contributed by atoms with Gasteiger partial charge in [-0.1, -0.05) is 30.3 Å². The van der Waals surface area contributed by atoms with Crippen molar-refractivity contribution in [3.63, 3.8) is 0 Å². The molecule has 1 aromatic rings. The minimum Gasteiger partial charge on any atom is -0.396 e. The highest BCUT2D eigenvalue weighted by atomic mass is 16.3. The van der Waals surface area contributed by atoms with Crippen molar-refractivity contribution in [2.45, 2.75) is 63.3 Å². The van der Waals surface area contributed by atoms with E-state index in [9.17, 15) is 9.90 Å². The second kappa shape index (κ2) is 8.15. The molecule has 0 aliphatic heterocycles. The SMILES string of the molecule is CN(C(=O)C1CCC(c2ccccc2)CC1)C1CCC(CO)CC1. The third kappa shape index (κ3) is 4.00. The van der Waals surface area contributed by atoms with Crippen LogP contribution in [0.3, 0.4) is 0 Å². The number of hydrogen-bond acceptors (Lipinski definition) is 2. The van der Waals surface area contributed by atoms with Crippen molar-refractivity contribution in [1.29, 1.82) is 0 Å². The predicted molar refractivity (Wildman–Crippen MR) is 96.7 cm³/mol. The molecule has 2 aliphatic carbocycles. The number of amides is 1. The van der Waals surface area contributed by atoms with Crippen LogP contribution in [-0.2, 0) is 4.79 Å². The molecule has 24 heavy (non-hydrogen) atoms. The fourth-order valence-corrected chi connectivity index (χ4v) is 4.58. The summed E-state index contributed by atoms with van der Waals surface area (Å²) in [4.78, 5) is 14.9. The number of benzene rings is 1. The normalized spacial score (nSPS) is 30.8. The van der Waals surface area contributed by atoms with E-state index in [2.05, 4.69) is 30.3 Å². The maximum absolute atomic E-state index is 12.9. The third-order valence-corrected chi connectivity index (χ3v) is 6.32. The molecule has 0 heterocycles. The van der Waals surface area contributed by atoms with Gasteiger partial charge in [-0.3, -0.25) is 4.79 Å². The van der Waals surface area contributed by atoms with Crippen molar-refractivity contribution in [2.24, 2.45) is 11.8 Å². The van der Waals surface area contributed by atoms with E-state index >= 15 is 0 Å². The zero-order valence-electron chi connectivity index (χ0n) is 14.9. The largest absolute Gasteiger partial charge is 0.396 e. The van der Waals surface area contributed by atoms with Crippen LogP contribution in [0.5, 0.6) is 0 Å². The quantitative estimate of drug-likeness (QED) is 0.908. The Kier molecular flexibility index (Phi) is 5.94. The molecule has 1 amide bonds. The van der Waals surface area contributed by atoms with E-state index in [0.717, 1.165) is 51.4 Å². The molecule has 3 rings (SSSR count). The standard InChI is InChI=1S/C21H31NO2/c1-22(20-13-7-16(15-23)8-14-20)21(24)19-11-9-18(10-12-19)17-5-3-2-4-6-17/h2-6,16,18-20,23H,7-15H2,1H3. The highest BCUT2D eigenvalue weighted by molar-refractivity contribution is 5.79. The van der Waals surface area contributed by atoms with Crippen molar-refractivity contribution in [1.82, 2.24) is 4.90 Å². The highest BCUT2D eigenvalue weighted by Gasteiger charge is 2.32. The van der Waals surface area contributed by atoms with Gasteiger partial charge in [0.25, 0.3) is 0 Å². The van der Waals surface area contributed by atoms with Gasteiger partial charge in [0.15, 0.2) is 0 Å². The van der Waals surface area contributed by atoms with Gasteiger partial charge in [-0.25, -0.2) is 0 Å². The molecule has 0 radical (unpaired) electrons. The van der Waals surface area contributed by atoms with E-state index < -0.39 is 0 Å². The van der Waals surface area contributed by atoms with E-state index in [1.54, 1.807) is 0 Å². The number of carbonyl (C=O) groups is 1.